The molecular formula is C17H23NO5. The Morgan fingerprint density at radius 2 is 2.00 bits per heavy atom. The van der Waals surface area contributed by atoms with E-state index in [1.54, 1.807) is 18.2 Å². The molecule has 6 heteroatoms. The van der Waals surface area contributed by atoms with Crippen molar-refractivity contribution in [2.75, 3.05) is 7.11 Å². The number of carbonyl (C=O) groups excluding carboxylic acids is 2. The van der Waals surface area contributed by atoms with Gasteiger partial charge in [-0.1, -0.05) is 19.8 Å². The number of rotatable bonds is 9. The van der Waals surface area contributed by atoms with Crippen LogP contribution in [0.2, 0.25) is 0 Å². The maximum atomic E-state index is 12.1. The molecule has 0 saturated heterocycles. The summed E-state index contributed by atoms with van der Waals surface area (Å²) >= 11 is 0. The van der Waals surface area contributed by atoms with Gasteiger partial charge in [0.15, 0.2) is 5.78 Å². The Balaban J connectivity index is 2.84. The van der Waals surface area contributed by atoms with Crippen molar-refractivity contribution in [2.45, 2.75) is 45.6 Å². The molecule has 1 rings (SSSR count). The summed E-state index contributed by atoms with van der Waals surface area (Å²) in [6.07, 6.45) is 1.93. The molecule has 1 aromatic carbocycles. The zero-order chi connectivity index (χ0) is 17.4. The third kappa shape index (κ3) is 5.73. The number of Topliss-reactive ketones (excluding diaryl/α,β-unsaturated/α-hetero) is 1. The normalized spacial score (nSPS) is 11.6. The van der Waals surface area contributed by atoms with Crippen molar-refractivity contribution in [3.05, 3.63) is 29.3 Å². The lowest BCUT2D eigenvalue weighted by Crippen LogP contribution is -2.41. The van der Waals surface area contributed by atoms with Gasteiger partial charge in [0.25, 0.3) is 0 Å². The third-order valence-corrected chi connectivity index (χ3v) is 3.52. The first kappa shape index (κ1) is 18.7. The fourth-order valence-electron chi connectivity index (χ4n) is 2.22. The van der Waals surface area contributed by atoms with Gasteiger partial charge >= 0.3 is 5.97 Å². The summed E-state index contributed by atoms with van der Waals surface area (Å²) in [6.45, 7) is 3.40. The van der Waals surface area contributed by atoms with Crippen LogP contribution in [0.4, 0.5) is 0 Å². The predicted octanol–water partition coefficient (Wildman–Crippen LogP) is 2.20. The molecule has 0 radical (unpaired) electrons. The number of hydrogen-bond acceptors (Lipinski definition) is 4. The lowest BCUT2D eigenvalue weighted by Gasteiger charge is -2.15. The van der Waals surface area contributed by atoms with E-state index in [9.17, 15) is 14.4 Å². The predicted molar refractivity (Wildman–Crippen MR) is 85.8 cm³/mol. The molecule has 0 unspecified atom stereocenters. The minimum atomic E-state index is -1.05. The lowest BCUT2D eigenvalue weighted by molar-refractivity contribution is -0.142. The highest BCUT2D eigenvalue weighted by atomic mass is 16.5. The standard InChI is InChI=1S/C17H23NO5/c1-4-5-6-14(17(21)22)18-16(20)10-13-9-12(11(2)19)7-8-15(13)23-3/h7-9,14H,4-6,10H2,1-3H3,(H,18,20)(H,21,22)/t14-/m0/s1. The Morgan fingerprint density at radius 3 is 2.52 bits per heavy atom. The molecule has 23 heavy (non-hydrogen) atoms. The van der Waals surface area contributed by atoms with Crippen LogP contribution in [0.15, 0.2) is 18.2 Å². The van der Waals surface area contributed by atoms with Gasteiger partial charge in [0.1, 0.15) is 11.8 Å². The van der Waals surface area contributed by atoms with Crippen LogP contribution in [0.1, 0.15) is 49.0 Å². The van der Waals surface area contributed by atoms with Crippen LogP contribution >= 0.6 is 0 Å². The number of benzene rings is 1. The van der Waals surface area contributed by atoms with Crippen molar-refractivity contribution in [3.63, 3.8) is 0 Å². The first-order chi connectivity index (χ1) is 10.9. The van der Waals surface area contributed by atoms with Crippen molar-refractivity contribution < 1.29 is 24.2 Å². The Labute approximate surface area is 135 Å². The van der Waals surface area contributed by atoms with Gasteiger partial charge in [-0.3, -0.25) is 9.59 Å². The summed E-state index contributed by atoms with van der Waals surface area (Å²) in [5.41, 5.74) is 1.03. The van der Waals surface area contributed by atoms with Gasteiger partial charge in [0.2, 0.25) is 5.91 Å². The summed E-state index contributed by atoms with van der Waals surface area (Å²) in [4.78, 5) is 34.7. The van der Waals surface area contributed by atoms with E-state index in [0.29, 0.717) is 23.3 Å². The number of unbranched alkanes of at least 4 members (excludes halogenated alkanes) is 1. The van der Waals surface area contributed by atoms with Crippen LogP contribution in [0.3, 0.4) is 0 Å². The molecule has 0 aliphatic heterocycles. The average Bonchev–Trinajstić information content (AvgIpc) is 2.50. The second-order valence-electron chi connectivity index (χ2n) is 5.36. The van der Waals surface area contributed by atoms with Crippen molar-refractivity contribution in [3.8, 4) is 5.75 Å². The molecule has 0 fully saturated rings. The third-order valence-electron chi connectivity index (χ3n) is 3.52. The maximum absolute atomic E-state index is 12.1. The quantitative estimate of drug-likeness (QED) is 0.680. The number of amides is 1. The number of carboxylic acids is 1. The molecular weight excluding hydrogens is 298 g/mol. The van der Waals surface area contributed by atoms with E-state index < -0.39 is 17.9 Å². The van der Waals surface area contributed by atoms with E-state index in [2.05, 4.69) is 5.32 Å². The van der Waals surface area contributed by atoms with E-state index in [4.69, 9.17) is 9.84 Å². The summed E-state index contributed by atoms with van der Waals surface area (Å²) in [5.74, 6) is -1.07. The van der Waals surface area contributed by atoms with Gasteiger partial charge in [-0.2, -0.15) is 0 Å². The Bertz CT molecular complexity index is 582. The van der Waals surface area contributed by atoms with Crippen molar-refractivity contribution in [2.24, 2.45) is 0 Å². The summed E-state index contributed by atoms with van der Waals surface area (Å²) in [7, 11) is 1.48. The second kappa shape index (κ2) is 8.92. The SMILES string of the molecule is CCCC[C@H](NC(=O)Cc1cc(C(C)=O)ccc1OC)C(=O)O. The van der Waals surface area contributed by atoms with Crippen molar-refractivity contribution in [1.82, 2.24) is 5.32 Å². The Morgan fingerprint density at radius 1 is 1.30 bits per heavy atom. The van der Waals surface area contributed by atoms with Gasteiger partial charge in [-0.15, -0.1) is 0 Å². The van der Waals surface area contributed by atoms with Crippen LogP contribution in [0.25, 0.3) is 0 Å². The number of carbonyl (C=O) groups is 3. The number of hydrogen-bond donors (Lipinski definition) is 2. The fourth-order valence-corrected chi connectivity index (χ4v) is 2.22. The van der Waals surface area contributed by atoms with E-state index in [1.165, 1.54) is 14.0 Å². The Kier molecular flexibility index (Phi) is 7.25. The molecule has 2 N–H and O–H groups in total. The van der Waals surface area contributed by atoms with Crippen molar-refractivity contribution >= 4 is 17.7 Å². The molecule has 0 saturated carbocycles. The molecule has 6 nitrogen and oxygen atoms in total. The van der Waals surface area contributed by atoms with Gasteiger partial charge in [0, 0.05) is 11.1 Å². The number of nitrogens with one attached hydrogen (secondary N) is 1. The largest absolute Gasteiger partial charge is 0.496 e. The highest BCUT2D eigenvalue weighted by molar-refractivity contribution is 5.95. The van der Waals surface area contributed by atoms with E-state index in [-0.39, 0.29) is 12.2 Å². The highest BCUT2D eigenvalue weighted by Crippen LogP contribution is 2.21. The molecule has 0 heterocycles. The zero-order valence-corrected chi connectivity index (χ0v) is 13.7. The molecule has 0 aliphatic rings. The van der Waals surface area contributed by atoms with Gasteiger partial charge in [0.05, 0.1) is 13.5 Å². The zero-order valence-electron chi connectivity index (χ0n) is 13.7. The van der Waals surface area contributed by atoms with Crippen LogP contribution < -0.4 is 10.1 Å². The number of ketones is 1. The topological polar surface area (TPSA) is 92.7 Å². The number of ether oxygens (including phenoxy) is 1. The second-order valence-corrected chi connectivity index (χ2v) is 5.36. The van der Waals surface area contributed by atoms with E-state index in [0.717, 1.165) is 12.8 Å². The summed E-state index contributed by atoms with van der Waals surface area (Å²) < 4.78 is 5.19. The average molecular weight is 321 g/mol. The van der Waals surface area contributed by atoms with E-state index in [1.807, 2.05) is 6.92 Å². The van der Waals surface area contributed by atoms with E-state index >= 15 is 0 Å². The summed E-state index contributed by atoms with van der Waals surface area (Å²) in [5, 5.41) is 11.7. The molecule has 126 valence electrons. The molecule has 1 atom stereocenters. The maximum Gasteiger partial charge on any atom is 0.326 e. The number of methoxy groups -OCH3 is 1. The lowest BCUT2D eigenvalue weighted by atomic mass is 10.0. The molecule has 0 aromatic heterocycles. The highest BCUT2D eigenvalue weighted by Gasteiger charge is 2.20. The first-order valence-electron chi connectivity index (χ1n) is 7.59. The van der Waals surface area contributed by atoms with Crippen LogP contribution in [0, 0.1) is 0 Å². The van der Waals surface area contributed by atoms with Crippen molar-refractivity contribution in [1.29, 1.82) is 0 Å². The molecule has 1 amide bonds. The Hall–Kier alpha value is -2.37. The van der Waals surface area contributed by atoms with Crippen LogP contribution in [-0.4, -0.2) is 35.9 Å². The fraction of sp³-hybridized carbons (Fsp3) is 0.471. The van der Waals surface area contributed by atoms with Crippen LogP contribution in [0.5, 0.6) is 5.75 Å². The summed E-state index contributed by atoms with van der Waals surface area (Å²) in [6, 6.07) is 3.96. The number of aliphatic carboxylic acids is 1. The minimum absolute atomic E-state index is 0.0415. The first-order valence-corrected chi connectivity index (χ1v) is 7.59. The van der Waals surface area contributed by atoms with Gasteiger partial charge in [-0.05, 0) is 31.5 Å². The molecule has 0 bridgehead atoms. The molecule has 1 aromatic rings. The van der Waals surface area contributed by atoms with Crippen LogP contribution in [-0.2, 0) is 16.0 Å². The smallest absolute Gasteiger partial charge is 0.326 e. The molecule has 0 spiro atoms. The van der Waals surface area contributed by atoms with Gasteiger partial charge < -0.3 is 15.2 Å². The molecule has 0 aliphatic carbocycles. The van der Waals surface area contributed by atoms with Gasteiger partial charge in [-0.25, -0.2) is 4.79 Å². The number of carboxylic acid groups (broad SMARTS) is 1. The minimum Gasteiger partial charge on any atom is -0.496 e. The monoisotopic (exact) mass is 321 g/mol.